The lowest BCUT2D eigenvalue weighted by Crippen LogP contribution is -2.49. The molecule has 8 heteroatoms. The van der Waals surface area contributed by atoms with Crippen molar-refractivity contribution in [2.75, 3.05) is 31.6 Å². The molecule has 162 valence electrons. The quantitative estimate of drug-likeness (QED) is 0.571. The molecule has 8 nitrogen and oxygen atoms in total. The number of imidazole rings is 1. The van der Waals surface area contributed by atoms with E-state index in [1.807, 2.05) is 54.8 Å². The maximum absolute atomic E-state index is 13.2. The third kappa shape index (κ3) is 4.44. The van der Waals surface area contributed by atoms with E-state index < -0.39 is 5.41 Å². The van der Waals surface area contributed by atoms with Crippen LogP contribution in [0.2, 0.25) is 0 Å². The largest absolute Gasteiger partial charge is 0.381 e. The highest BCUT2D eigenvalue weighted by Crippen LogP contribution is 2.35. The van der Waals surface area contributed by atoms with Gasteiger partial charge in [-0.05, 0) is 32.3 Å². The van der Waals surface area contributed by atoms with Crippen molar-refractivity contribution in [1.29, 1.82) is 0 Å². The van der Waals surface area contributed by atoms with Gasteiger partial charge in [0.15, 0.2) is 0 Å². The number of aryl methyl sites for hydroxylation is 1. The van der Waals surface area contributed by atoms with Gasteiger partial charge in [0.1, 0.15) is 24.3 Å². The van der Waals surface area contributed by atoms with E-state index in [2.05, 4.69) is 25.6 Å². The van der Waals surface area contributed by atoms with Gasteiger partial charge in [0.05, 0.1) is 11.1 Å². The molecule has 2 N–H and O–H groups in total. The van der Waals surface area contributed by atoms with E-state index in [0.717, 1.165) is 22.8 Å². The predicted molar refractivity (Wildman–Crippen MR) is 118 cm³/mol. The molecule has 31 heavy (non-hydrogen) atoms. The lowest BCUT2D eigenvalue weighted by Gasteiger charge is -2.36. The van der Waals surface area contributed by atoms with Crippen LogP contribution in [0.4, 0.5) is 5.82 Å². The normalized spacial score (nSPS) is 15.4. The number of hydrogen-bond donors (Lipinski definition) is 2. The van der Waals surface area contributed by atoms with Crippen molar-refractivity contribution in [3.8, 4) is 5.82 Å². The molecule has 0 unspecified atom stereocenters. The van der Waals surface area contributed by atoms with E-state index in [1.165, 1.54) is 6.33 Å². The minimum absolute atomic E-state index is 0.0525. The van der Waals surface area contributed by atoms with Crippen molar-refractivity contribution in [3.05, 3.63) is 66.0 Å². The lowest BCUT2D eigenvalue weighted by molar-refractivity contribution is -0.130. The van der Waals surface area contributed by atoms with Gasteiger partial charge in [-0.1, -0.05) is 30.3 Å². The Morgan fingerprint density at radius 3 is 2.58 bits per heavy atom. The number of nitrogens with one attached hydrogen (secondary N) is 2. The number of aromatic nitrogens is 4. The summed E-state index contributed by atoms with van der Waals surface area (Å²) < 4.78 is 7.45. The second kappa shape index (κ2) is 9.26. The molecule has 1 fully saturated rings. The molecular weight excluding hydrogens is 392 g/mol. The fourth-order valence-electron chi connectivity index (χ4n) is 3.96. The molecule has 4 rings (SSSR count). The van der Waals surface area contributed by atoms with Crippen molar-refractivity contribution in [3.63, 3.8) is 0 Å². The molecule has 3 heterocycles. The van der Waals surface area contributed by atoms with Crippen LogP contribution >= 0.6 is 0 Å². The summed E-state index contributed by atoms with van der Waals surface area (Å²) in [5, 5.41) is 6.37. The Kier molecular flexibility index (Phi) is 6.27. The van der Waals surface area contributed by atoms with Gasteiger partial charge in [0.25, 0.3) is 0 Å². The van der Waals surface area contributed by atoms with Crippen LogP contribution in [0.1, 0.15) is 29.8 Å². The second-order valence-electron chi connectivity index (χ2n) is 7.79. The maximum Gasteiger partial charge on any atom is 0.230 e. The molecule has 0 bridgehead atoms. The first kappa shape index (κ1) is 21.0. The van der Waals surface area contributed by atoms with Crippen LogP contribution in [-0.4, -0.2) is 51.7 Å². The van der Waals surface area contributed by atoms with Crippen LogP contribution < -0.4 is 10.6 Å². The number of anilines is 1. The third-order valence-electron chi connectivity index (χ3n) is 5.98. The topological polar surface area (TPSA) is 94.0 Å². The summed E-state index contributed by atoms with van der Waals surface area (Å²) in [7, 11) is 0. The highest BCUT2D eigenvalue weighted by atomic mass is 16.5. The lowest BCUT2D eigenvalue weighted by atomic mass is 9.73. The summed E-state index contributed by atoms with van der Waals surface area (Å²) in [4.78, 5) is 26.1. The highest BCUT2D eigenvalue weighted by Gasteiger charge is 2.41. The highest BCUT2D eigenvalue weighted by molar-refractivity contribution is 5.88. The molecule has 0 atom stereocenters. The minimum atomic E-state index is -0.529. The Morgan fingerprint density at radius 1 is 1.10 bits per heavy atom. The third-order valence-corrected chi connectivity index (χ3v) is 5.98. The number of hydrogen-bond acceptors (Lipinski definition) is 6. The van der Waals surface area contributed by atoms with E-state index in [0.29, 0.717) is 45.0 Å². The van der Waals surface area contributed by atoms with Gasteiger partial charge in [-0.2, -0.15) is 0 Å². The monoisotopic (exact) mass is 420 g/mol. The number of nitrogens with zero attached hydrogens (tertiary/aromatic N) is 4. The molecule has 0 aliphatic carbocycles. The van der Waals surface area contributed by atoms with Gasteiger partial charge in [-0.25, -0.2) is 15.0 Å². The summed E-state index contributed by atoms with van der Waals surface area (Å²) in [6.07, 6.45) is 4.66. The molecule has 1 aliphatic rings. The summed E-state index contributed by atoms with van der Waals surface area (Å²) in [6, 6.07) is 11.9. The van der Waals surface area contributed by atoms with Gasteiger partial charge in [-0.15, -0.1) is 0 Å². The number of carbonyl (C=O) groups is 1. The van der Waals surface area contributed by atoms with Crippen LogP contribution in [0.3, 0.4) is 0 Å². The van der Waals surface area contributed by atoms with Gasteiger partial charge < -0.3 is 15.4 Å². The molecule has 0 saturated carbocycles. The van der Waals surface area contributed by atoms with Crippen molar-refractivity contribution in [2.45, 2.75) is 32.1 Å². The number of benzene rings is 1. The zero-order valence-corrected chi connectivity index (χ0v) is 18.0. The van der Waals surface area contributed by atoms with Crippen molar-refractivity contribution in [2.24, 2.45) is 0 Å². The average Bonchev–Trinajstić information content (AvgIpc) is 3.16. The Labute approximate surface area is 182 Å². The van der Waals surface area contributed by atoms with Crippen LogP contribution in [0.25, 0.3) is 5.82 Å². The average molecular weight is 421 g/mol. The fourth-order valence-corrected chi connectivity index (χ4v) is 3.96. The minimum Gasteiger partial charge on any atom is -0.381 e. The Bertz CT molecular complexity index is 1030. The van der Waals surface area contributed by atoms with Gasteiger partial charge in [0, 0.05) is 38.1 Å². The number of rotatable bonds is 7. The Morgan fingerprint density at radius 2 is 1.87 bits per heavy atom. The molecule has 2 aromatic heterocycles. The molecule has 1 saturated heterocycles. The van der Waals surface area contributed by atoms with Gasteiger partial charge >= 0.3 is 0 Å². The van der Waals surface area contributed by atoms with Crippen LogP contribution in [0, 0.1) is 13.8 Å². The Balaban J connectivity index is 1.37. The van der Waals surface area contributed by atoms with E-state index in [1.54, 1.807) is 6.33 Å². The number of ether oxygens (including phenoxy) is 1. The standard InChI is InChI=1S/C23H28N6O2/c1-17-18(2)29(16-28-17)21-14-20(26-15-27-21)24-10-11-25-22(30)23(8-12-31-13-9-23)19-6-4-3-5-7-19/h3-7,14-16H,8-13H2,1-2H3,(H,25,30)(H,24,26,27). The van der Waals surface area contributed by atoms with Crippen LogP contribution in [0.5, 0.6) is 0 Å². The van der Waals surface area contributed by atoms with Crippen LogP contribution in [0.15, 0.2) is 49.1 Å². The first-order valence-corrected chi connectivity index (χ1v) is 10.6. The van der Waals surface area contributed by atoms with Crippen molar-refractivity contribution < 1.29 is 9.53 Å². The molecule has 0 spiro atoms. The smallest absolute Gasteiger partial charge is 0.230 e. The summed E-state index contributed by atoms with van der Waals surface area (Å²) >= 11 is 0. The summed E-state index contributed by atoms with van der Waals surface area (Å²) in [6.45, 7) is 6.22. The fraction of sp³-hybridized carbons (Fsp3) is 0.391. The predicted octanol–water partition coefficient (Wildman–Crippen LogP) is 2.56. The van der Waals surface area contributed by atoms with Gasteiger partial charge in [0.2, 0.25) is 5.91 Å². The van der Waals surface area contributed by atoms with Crippen molar-refractivity contribution >= 4 is 11.7 Å². The van der Waals surface area contributed by atoms with Crippen LogP contribution in [-0.2, 0) is 14.9 Å². The van der Waals surface area contributed by atoms with E-state index in [-0.39, 0.29) is 5.91 Å². The van der Waals surface area contributed by atoms with Gasteiger partial charge in [-0.3, -0.25) is 9.36 Å². The van der Waals surface area contributed by atoms with Crippen molar-refractivity contribution in [1.82, 2.24) is 24.8 Å². The number of amides is 1. The van der Waals surface area contributed by atoms with E-state index in [9.17, 15) is 4.79 Å². The molecule has 1 aromatic carbocycles. The van der Waals surface area contributed by atoms with E-state index >= 15 is 0 Å². The molecule has 3 aromatic rings. The first-order valence-electron chi connectivity index (χ1n) is 10.6. The molecule has 0 radical (unpaired) electrons. The molecule has 1 aliphatic heterocycles. The zero-order chi connectivity index (χ0) is 21.7. The number of carbonyl (C=O) groups excluding carboxylic acids is 1. The zero-order valence-electron chi connectivity index (χ0n) is 18.0. The summed E-state index contributed by atoms with van der Waals surface area (Å²) in [5.74, 6) is 1.51. The Hall–Kier alpha value is -3.26. The maximum atomic E-state index is 13.2. The molecular formula is C23H28N6O2. The first-order chi connectivity index (χ1) is 15.1. The SMILES string of the molecule is Cc1ncn(-c2cc(NCCNC(=O)C3(c4ccccc4)CCOCC3)ncn2)c1C. The summed E-state index contributed by atoms with van der Waals surface area (Å²) in [5.41, 5.74) is 2.53. The second-order valence-corrected chi connectivity index (χ2v) is 7.79. The molecule has 1 amide bonds. The van der Waals surface area contributed by atoms with E-state index in [4.69, 9.17) is 4.74 Å².